The van der Waals surface area contributed by atoms with Crippen molar-refractivity contribution >= 4 is 11.8 Å². The van der Waals surface area contributed by atoms with Crippen LogP contribution in [-0.2, 0) is 6.54 Å². The van der Waals surface area contributed by atoms with Gasteiger partial charge in [0.15, 0.2) is 0 Å². The van der Waals surface area contributed by atoms with Crippen molar-refractivity contribution in [3.05, 3.63) is 35.9 Å². The lowest BCUT2D eigenvalue weighted by molar-refractivity contribution is 0.557. The number of thioether (sulfide) groups is 1. The minimum Gasteiger partial charge on any atom is -0.329 e. The van der Waals surface area contributed by atoms with Crippen LogP contribution in [-0.4, -0.2) is 32.5 Å². The molecule has 0 saturated heterocycles. The van der Waals surface area contributed by atoms with E-state index in [0.29, 0.717) is 18.8 Å². The van der Waals surface area contributed by atoms with Gasteiger partial charge in [-0.15, -0.1) is 5.10 Å². The summed E-state index contributed by atoms with van der Waals surface area (Å²) in [7, 11) is 0. The average Bonchev–Trinajstić information content (AvgIpc) is 2.84. The molecule has 0 bridgehead atoms. The van der Waals surface area contributed by atoms with Crippen LogP contribution in [0.5, 0.6) is 0 Å². The smallest absolute Gasteiger partial charge is 0.210 e. The molecule has 1 aromatic heterocycles. The lowest BCUT2D eigenvalue weighted by Gasteiger charge is -1.98. The van der Waals surface area contributed by atoms with Gasteiger partial charge in [-0.3, -0.25) is 0 Å². The van der Waals surface area contributed by atoms with Gasteiger partial charge < -0.3 is 5.73 Å². The van der Waals surface area contributed by atoms with Crippen LogP contribution < -0.4 is 5.73 Å². The van der Waals surface area contributed by atoms with E-state index in [4.69, 9.17) is 5.73 Å². The second-order valence-electron chi connectivity index (χ2n) is 3.43. The summed E-state index contributed by atoms with van der Waals surface area (Å²) in [6.07, 6.45) is 0. The van der Waals surface area contributed by atoms with Crippen molar-refractivity contribution in [1.82, 2.24) is 20.2 Å². The molecule has 0 aliphatic carbocycles. The van der Waals surface area contributed by atoms with Crippen molar-refractivity contribution < 1.29 is 0 Å². The molecule has 0 aliphatic rings. The summed E-state index contributed by atoms with van der Waals surface area (Å²) in [4.78, 5) is 0. The van der Waals surface area contributed by atoms with Crippen LogP contribution >= 0.6 is 11.8 Å². The summed E-state index contributed by atoms with van der Waals surface area (Å²) in [5.74, 6) is 6.82. The van der Waals surface area contributed by atoms with Gasteiger partial charge in [-0.2, -0.15) is 0 Å². The Hall–Kier alpha value is -1.84. The standard InChI is InChI=1S/C12H13N5S/c13-8-9-17-12(14-15-16-17)18-10-4-7-11-5-2-1-3-6-11/h1-3,5-6H,8-10,13H2. The summed E-state index contributed by atoms with van der Waals surface area (Å²) in [6.45, 7) is 1.15. The molecule has 5 nitrogen and oxygen atoms in total. The van der Waals surface area contributed by atoms with E-state index in [9.17, 15) is 0 Å². The molecule has 2 N–H and O–H groups in total. The Morgan fingerprint density at radius 2 is 2.11 bits per heavy atom. The first kappa shape index (κ1) is 12.6. The summed E-state index contributed by atoms with van der Waals surface area (Å²) < 4.78 is 1.69. The van der Waals surface area contributed by atoms with Crippen molar-refractivity contribution in [3.63, 3.8) is 0 Å². The maximum absolute atomic E-state index is 5.47. The fourth-order valence-corrected chi connectivity index (χ4v) is 1.97. The largest absolute Gasteiger partial charge is 0.329 e. The number of hydrogen-bond acceptors (Lipinski definition) is 5. The Balaban J connectivity index is 1.89. The molecule has 0 saturated carbocycles. The lowest BCUT2D eigenvalue weighted by atomic mass is 10.2. The lowest BCUT2D eigenvalue weighted by Crippen LogP contribution is -2.12. The minimum absolute atomic E-state index is 0.522. The fraction of sp³-hybridized carbons (Fsp3) is 0.250. The second kappa shape index (κ2) is 6.79. The highest BCUT2D eigenvalue weighted by molar-refractivity contribution is 7.99. The zero-order valence-corrected chi connectivity index (χ0v) is 10.6. The van der Waals surface area contributed by atoms with E-state index >= 15 is 0 Å². The Morgan fingerprint density at radius 3 is 2.89 bits per heavy atom. The van der Waals surface area contributed by atoms with E-state index in [1.165, 1.54) is 11.8 Å². The highest BCUT2D eigenvalue weighted by atomic mass is 32.2. The molecule has 0 spiro atoms. The first-order chi connectivity index (χ1) is 8.90. The average molecular weight is 259 g/mol. The molecule has 92 valence electrons. The van der Waals surface area contributed by atoms with Gasteiger partial charge in [0.05, 0.1) is 12.3 Å². The third-order valence-corrected chi connectivity index (χ3v) is 2.96. The van der Waals surface area contributed by atoms with Gasteiger partial charge in [0.25, 0.3) is 0 Å². The molecule has 0 aliphatic heterocycles. The van der Waals surface area contributed by atoms with Crippen molar-refractivity contribution in [1.29, 1.82) is 0 Å². The first-order valence-electron chi connectivity index (χ1n) is 5.53. The predicted molar refractivity (Wildman–Crippen MR) is 70.9 cm³/mol. The number of tetrazole rings is 1. The highest BCUT2D eigenvalue weighted by Crippen LogP contribution is 2.11. The third-order valence-electron chi connectivity index (χ3n) is 2.12. The molecule has 0 fully saturated rings. The van der Waals surface area contributed by atoms with E-state index in [1.54, 1.807) is 4.68 Å². The Kier molecular flexibility index (Phi) is 4.76. The number of aromatic nitrogens is 4. The van der Waals surface area contributed by atoms with Crippen molar-refractivity contribution in [2.45, 2.75) is 11.7 Å². The predicted octanol–water partition coefficient (Wildman–Crippen LogP) is 0.776. The van der Waals surface area contributed by atoms with E-state index in [-0.39, 0.29) is 0 Å². The summed E-state index contributed by atoms with van der Waals surface area (Å²) >= 11 is 1.51. The van der Waals surface area contributed by atoms with Gasteiger partial charge >= 0.3 is 0 Å². The van der Waals surface area contributed by atoms with Gasteiger partial charge in [0, 0.05) is 12.1 Å². The molecule has 1 heterocycles. The Labute approximate surface area is 110 Å². The van der Waals surface area contributed by atoms with Crippen LogP contribution in [0.15, 0.2) is 35.5 Å². The Morgan fingerprint density at radius 1 is 1.28 bits per heavy atom. The fourth-order valence-electron chi connectivity index (χ4n) is 1.32. The number of nitrogens with zero attached hydrogens (tertiary/aromatic N) is 4. The molecule has 0 atom stereocenters. The topological polar surface area (TPSA) is 69.6 Å². The number of benzene rings is 1. The van der Waals surface area contributed by atoms with Crippen LogP contribution in [0.1, 0.15) is 5.56 Å². The maximum atomic E-state index is 5.47. The molecule has 0 unspecified atom stereocenters. The second-order valence-corrected chi connectivity index (χ2v) is 4.37. The maximum Gasteiger partial charge on any atom is 0.210 e. The molecule has 0 amide bonds. The van der Waals surface area contributed by atoms with E-state index in [2.05, 4.69) is 27.4 Å². The molecule has 2 aromatic rings. The van der Waals surface area contributed by atoms with Crippen molar-refractivity contribution in [3.8, 4) is 11.8 Å². The SMILES string of the molecule is NCCn1nnnc1SCC#Cc1ccccc1. The normalized spacial score (nSPS) is 9.83. The number of nitrogens with two attached hydrogens (primary N) is 1. The molecular formula is C12H13N5S. The minimum atomic E-state index is 0.522. The van der Waals surface area contributed by atoms with Gasteiger partial charge in [0.1, 0.15) is 0 Å². The molecule has 0 radical (unpaired) electrons. The van der Waals surface area contributed by atoms with Crippen LogP contribution in [0.4, 0.5) is 0 Å². The summed E-state index contributed by atoms with van der Waals surface area (Å²) in [6, 6.07) is 9.88. The monoisotopic (exact) mass is 259 g/mol. The van der Waals surface area contributed by atoms with Crippen LogP contribution in [0.25, 0.3) is 0 Å². The van der Waals surface area contributed by atoms with Gasteiger partial charge in [0.2, 0.25) is 5.16 Å². The van der Waals surface area contributed by atoms with E-state index in [0.717, 1.165) is 10.7 Å². The number of hydrogen-bond donors (Lipinski definition) is 1. The first-order valence-corrected chi connectivity index (χ1v) is 6.51. The van der Waals surface area contributed by atoms with Crippen molar-refractivity contribution in [2.75, 3.05) is 12.3 Å². The van der Waals surface area contributed by atoms with Gasteiger partial charge in [-0.25, -0.2) is 4.68 Å². The third kappa shape index (κ3) is 3.58. The highest BCUT2D eigenvalue weighted by Gasteiger charge is 2.03. The summed E-state index contributed by atoms with van der Waals surface area (Å²) in [5.41, 5.74) is 6.48. The Bertz CT molecular complexity index is 540. The molecule has 6 heteroatoms. The zero-order chi connectivity index (χ0) is 12.6. The van der Waals surface area contributed by atoms with Gasteiger partial charge in [-0.05, 0) is 22.6 Å². The van der Waals surface area contributed by atoms with E-state index in [1.807, 2.05) is 30.3 Å². The molecule has 1 aromatic carbocycles. The van der Waals surface area contributed by atoms with Crippen LogP contribution in [0, 0.1) is 11.8 Å². The van der Waals surface area contributed by atoms with Crippen LogP contribution in [0.3, 0.4) is 0 Å². The van der Waals surface area contributed by atoms with Crippen LogP contribution in [0.2, 0.25) is 0 Å². The molecule has 2 rings (SSSR count). The molecular weight excluding hydrogens is 246 g/mol. The van der Waals surface area contributed by atoms with E-state index < -0.39 is 0 Å². The van der Waals surface area contributed by atoms with Gasteiger partial charge in [-0.1, -0.05) is 41.8 Å². The number of rotatable bonds is 4. The van der Waals surface area contributed by atoms with Crippen molar-refractivity contribution in [2.24, 2.45) is 5.73 Å². The summed E-state index contributed by atoms with van der Waals surface area (Å²) in [5, 5.41) is 12.1. The quantitative estimate of drug-likeness (QED) is 0.649. The zero-order valence-electron chi connectivity index (χ0n) is 9.78. The molecule has 18 heavy (non-hydrogen) atoms.